The highest BCUT2D eigenvalue weighted by Gasteiger charge is 2.27. The van der Waals surface area contributed by atoms with E-state index >= 15 is 0 Å². The molecule has 1 saturated heterocycles. The smallest absolute Gasteiger partial charge is 0.228 e. The van der Waals surface area contributed by atoms with E-state index in [9.17, 15) is 0 Å². The van der Waals surface area contributed by atoms with Crippen LogP contribution in [0.1, 0.15) is 30.1 Å². The summed E-state index contributed by atoms with van der Waals surface area (Å²) in [5, 5.41) is 7.37. The molecule has 0 aliphatic carbocycles. The standard InChI is InChI=1S/C17H20N8/c1-24-11-13(9-21-24)12-25-8-2-3-15(25)14-4-5-20-17(22-14)23-16-10-18-6-7-19-16/h4-7,9-11,15H,2-3,8,12H2,1H3,(H,19,20,22,23)/t15-/m1/s1. The van der Waals surface area contributed by atoms with Crippen LogP contribution in [0.2, 0.25) is 0 Å². The average Bonchev–Trinajstić information content (AvgIpc) is 3.25. The Morgan fingerprint density at radius 3 is 2.96 bits per heavy atom. The maximum atomic E-state index is 4.69. The topological polar surface area (TPSA) is 84.7 Å². The number of rotatable bonds is 5. The van der Waals surface area contributed by atoms with Crippen LogP contribution in [0.5, 0.6) is 0 Å². The fraction of sp³-hybridized carbons (Fsp3) is 0.353. The van der Waals surface area contributed by atoms with E-state index in [4.69, 9.17) is 4.98 Å². The van der Waals surface area contributed by atoms with Crippen LogP contribution in [0.4, 0.5) is 11.8 Å². The van der Waals surface area contributed by atoms with E-state index in [-0.39, 0.29) is 0 Å². The van der Waals surface area contributed by atoms with Crippen LogP contribution in [0.25, 0.3) is 0 Å². The number of anilines is 2. The maximum Gasteiger partial charge on any atom is 0.228 e. The molecule has 8 heteroatoms. The van der Waals surface area contributed by atoms with Gasteiger partial charge in [-0.3, -0.25) is 14.6 Å². The first-order valence-electron chi connectivity index (χ1n) is 8.35. The Kier molecular flexibility index (Phi) is 4.34. The summed E-state index contributed by atoms with van der Waals surface area (Å²) in [6, 6.07) is 2.29. The lowest BCUT2D eigenvalue weighted by molar-refractivity contribution is 0.244. The molecule has 1 N–H and O–H groups in total. The molecule has 1 aliphatic heterocycles. The largest absolute Gasteiger partial charge is 0.307 e. The lowest BCUT2D eigenvalue weighted by atomic mass is 10.1. The van der Waals surface area contributed by atoms with Crippen molar-refractivity contribution < 1.29 is 0 Å². The van der Waals surface area contributed by atoms with Gasteiger partial charge in [0, 0.05) is 43.9 Å². The van der Waals surface area contributed by atoms with Crippen LogP contribution < -0.4 is 5.32 Å². The average molecular weight is 336 g/mol. The van der Waals surface area contributed by atoms with Crippen LogP contribution in [-0.2, 0) is 13.6 Å². The molecule has 0 saturated carbocycles. The molecule has 0 aromatic carbocycles. The molecule has 25 heavy (non-hydrogen) atoms. The van der Waals surface area contributed by atoms with Crippen LogP contribution >= 0.6 is 0 Å². The van der Waals surface area contributed by atoms with Gasteiger partial charge in [0.1, 0.15) is 0 Å². The third-order valence-electron chi connectivity index (χ3n) is 4.33. The van der Waals surface area contributed by atoms with Gasteiger partial charge in [-0.2, -0.15) is 5.10 Å². The number of hydrogen-bond acceptors (Lipinski definition) is 7. The van der Waals surface area contributed by atoms with E-state index in [1.54, 1.807) is 24.8 Å². The van der Waals surface area contributed by atoms with Gasteiger partial charge in [0.25, 0.3) is 0 Å². The Morgan fingerprint density at radius 1 is 1.20 bits per heavy atom. The molecule has 3 aromatic rings. The van der Waals surface area contributed by atoms with Crippen molar-refractivity contribution in [3.8, 4) is 0 Å². The zero-order valence-corrected chi connectivity index (χ0v) is 14.1. The van der Waals surface area contributed by atoms with Gasteiger partial charge in [0.2, 0.25) is 5.95 Å². The molecular formula is C17H20N8. The van der Waals surface area contributed by atoms with E-state index in [0.717, 1.165) is 25.2 Å². The normalized spacial score (nSPS) is 17.7. The molecular weight excluding hydrogens is 316 g/mol. The number of aromatic nitrogens is 6. The minimum atomic E-state index is 0.297. The molecule has 0 spiro atoms. The second-order valence-corrected chi connectivity index (χ2v) is 6.17. The quantitative estimate of drug-likeness (QED) is 0.763. The Hall–Kier alpha value is -2.87. The van der Waals surface area contributed by atoms with Gasteiger partial charge in [-0.25, -0.2) is 15.0 Å². The minimum absolute atomic E-state index is 0.297. The Bertz CT molecular complexity index is 831. The van der Waals surface area contributed by atoms with E-state index in [0.29, 0.717) is 17.8 Å². The number of nitrogens with zero attached hydrogens (tertiary/aromatic N) is 7. The highest BCUT2D eigenvalue weighted by Crippen LogP contribution is 2.32. The molecule has 0 radical (unpaired) electrons. The van der Waals surface area contributed by atoms with E-state index in [2.05, 4.69) is 36.5 Å². The summed E-state index contributed by atoms with van der Waals surface area (Å²) in [7, 11) is 1.94. The molecule has 8 nitrogen and oxygen atoms in total. The van der Waals surface area contributed by atoms with Gasteiger partial charge < -0.3 is 5.32 Å². The lowest BCUT2D eigenvalue weighted by Gasteiger charge is -2.23. The molecule has 0 bridgehead atoms. The maximum absolute atomic E-state index is 4.69. The Morgan fingerprint density at radius 2 is 2.16 bits per heavy atom. The van der Waals surface area contributed by atoms with Gasteiger partial charge in [-0.15, -0.1) is 0 Å². The predicted molar refractivity (Wildman–Crippen MR) is 92.9 cm³/mol. The molecule has 0 amide bonds. The van der Waals surface area contributed by atoms with Gasteiger partial charge in [-0.1, -0.05) is 0 Å². The third kappa shape index (κ3) is 3.63. The summed E-state index contributed by atoms with van der Waals surface area (Å²) < 4.78 is 1.84. The number of likely N-dealkylation sites (tertiary alicyclic amines) is 1. The van der Waals surface area contributed by atoms with Crippen molar-refractivity contribution in [2.75, 3.05) is 11.9 Å². The highest BCUT2D eigenvalue weighted by atomic mass is 15.3. The first-order chi connectivity index (χ1) is 12.3. The number of aryl methyl sites for hydroxylation is 1. The number of nitrogens with one attached hydrogen (secondary N) is 1. The van der Waals surface area contributed by atoms with Gasteiger partial charge in [0.05, 0.1) is 24.1 Å². The van der Waals surface area contributed by atoms with Gasteiger partial charge >= 0.3 is 0 Å². The number of hydrogen-bond donors (Lipinski definition) is 1. The highest BCUT2D eigenvalue weighted by molar-refractivity contribution is 5.45. The summed E-state index contributed by atoms with van der Waals surface area (Å²) in [5.41, 5.74) is 2.25. The van der Waals surface area contributed by atoms with Crippen molar-refractivity contribution in [1.82, 2.24) is 34.6 Å². The van der Waals surface area contributed by atoms with Crippen LogP contribution in [-0.4, -0.2) is 41.2 Å². The van der Waals surface area contributed by atoms with Crippen molar-refractivity contribution in [2.24, 2.45) is 7.05 Å². The Labute approximate surface area is 146 Å². The summed E-state index contributed by atoms with van der Waals surface area (Å²) in [6.07, 6.45) is 13.0. The molecule has 3 aromatic heterocycles. The first kappa shape index (κ1) is 15.6. The monoisotopic (exact) mass is 336 g/mol. The van der Waals surface area contributed by atoms with Crippen molar-refractivity contribution in [3.63, 3.8) is 0 Å². The lowest BCUT2D eigenvalue weighted by Crippen LogP contribution is -2.23. The van der Waals surface area contributed by atoms with Crippen LogP contribution in [0.3, 0.4) is 0 Å². The third-order valence-corrected chi connectivity index (χ3v) is 4.33. The van der Waals surface area contributed by atoms with E-state index in [1.165, 1.54) is 12.0 Å². The van der Waals surface area contributed by atoms with Crippen molar-refractivity contribution >= 4 is 11.8 Å². The SMILES string of the molecule is Cn1cc(CN2CCC[C@@H]2c2ccnc(Nc3cnccn3)n2)cn1. The fourth-order valence-corrected chi connectivity index (χ4v) is 3.24. The van der Waals surface area contributed by atoms with Crippen molar-refractivity contribution in [1.29, 1.82) is 0 Å². The fourth-order valence-electron chi connectivity index (χ4n) is 3.24. The molecule has 1 fully saturated rings. The Balaban J connectivity index is 1.51. The summed E-state index contributed by atoms with van der Waals surface area (Å²) in [5.74, 6) is 1.18. The first-order valence-corrected chi connectivity index (χ1v) is 8.35. The van der Waals surface area contributed by atoms with Crippen LogP contribution in [0.15, 0.2) is 43.2 Å². The molecule has 4 heterocycles. The molecule has 4 rings (SSSR count). The summed E-state index contributed by atoms with van der Waals surface area (Å²) >= 11 is 0. The van der Waals surface area contributed by atoms with E-state index in [1.807, 2.05) is 24.0 Å². The van der Waals surface area contributed by atoms with Crippen molar-refractivity contribution in [3.05, 3.63) is 54.5 Å². The van der Waals surface area contributed by atoms with Crippen molar-refractivity contribution in [2.45, 2.75) is 25.4 Å². The zero-order chi connectivity index (χ0) is 17.1. The van der Waals surface area contributed by atoms with Gasteiger partial charge in [0.15, 0.2) is 5.82 Å². The summed E-state index contributed by atoms with van der Waals surface area (Å²) in [6.45, 7) is 1.95. The molecule has 1 atom stereocenters. The predicted octanol–water partition coefficient (Wildman–Crippen LogP) is 2.08. The zero-order valence-electron chi connectivity index (χ0n) is 14.1. The van der Waals surface area contributed by atoms with Gasteiger partial charge in [-0.05, 0) is 25.5 Å². The molecule has 1 aliphatic rings. The van der Waals surface area contributed by atoms with Crippen LogP contribution in [0, 0.1) is 0 Å². The van der Waals surface area contributed by atoms with E-state index < -0.39 is 0 Å². The molecule has 0 unspecified atom stereocenters. The molecule has 128 valence electrons. The summed E-state index contributed by atoms with van der Waals surface area (Å²) in [4.78, 5) is 19.7. The minimum Gasteiger partial charge on any atom is -0.307 e. The second-order valence-electron chi connectivity index (χ2n) is 6.17. The second kappa shape index (κ2) is 6.94.